The molecule has 9 nitrogen and oxygen atoms in total. The number of fused-ring (bicyclic) bond motifs is 5. The molecular formula is C33H41N3O6. The van der Waals surface area contributed by atoms with Crippen molar-refractivity contribution in [2.75, 3.05) is 13.7 Å². The number of carbonyl (C=O) groups excluding carboxylic acids is 3. The second kappa shape index (κ2) is 12.7. The smallest absolute Gasteiger partial charge is 0.408 e. The van der Waals surface area contributed by atoms with Crippen molar-refractivity contribution in [2.45, 2.75) is 94.9 Å². The number of para-hydroxylation sites is 1. The van der Waals surface area contributed by atoms with Crippen LogP contribution in [-0.2, 0) is 19.1 Å². The van der Waals surface area contributed by atoms with Gasteiger partial charge in [-0.15, -0.1) is 0 Å². The first kappa shape index (κ1) is 28.5. The quantitative estimate of drug-likeness (QED) is 0.478. The molecule has 1 saturated heterocycles. The molecule has 2 saturated carbocycles. The van der Waals surface area contributed by atoms with Crippen LogP contribution >= 0.6 is 0 Å². The zero-order chi connectivity index (χ0) is 29.1. The van der Waals surface area contributed by atoms with Gasteiger partial charge in [-0.25, -0.2) is 14.6 Å². The van der Waals surface area contributed by atoms with Gasteiger partial charge in [0.1, 0.15) is 35.7 Å². The van der Waals surface area contributed by atoms with Crippen LogP contribution in [0.3, 0.4) is 0 Å². The first-order valence-corrected chi connectivity index (χ1v) is 15.6. The third-order valence-electron chi connectivity index (χ3n) is 9.51. The van der Waals surface area contributed by atoms with Crippen molar-refractivity contribution in [3.05, 3.63) is 42.1 Å². The van der Waals surface area contributed by atoms with E-state index in [9.17, 15) is 14.4 Å². The summed E-state index contributed by atoms with van der Waals surface area (Å²) in [6.45, 7) is 0.208. The Morgan fingerprint density at radius 2 is 1.79 bits per heavy atom. The van der Waals surface area contributed by atoms with Gasteiger partial charge in [-0.1, -0.05) is 37.1 Å². The summed E-state index contributed by atoms with van der Waals surface area (Å²) in [5.74, 6) is 0.165. The van der Waals surface area contributed by atoms with E-state index in [0.29, 0.717) is 18.1 Å². The van der Waals surface area contributed by atoms with E-state index >= 15 is 0 Å². The molecule has 2 aliphatic heterocycles. The molecule has 0 spiro atoms. The number of esters is 1. The van der Waals surface area contributed by atoms with E-state index in [1.54, 1.807) is 4.90 Å². The topological polar surface area (TPSA) is 107 Å². The first-order chi connectivity index (χ1) is 20.5. The van der Waals surface area contributed by atoms with Crippen LogP contribution in [0.25, 0.3) is 17.0 Å². The summed E-state index contributed by atoms with van der Waals surface area (Å²) in [5.41, 5.74) is 1.61. The van der Waals surface area contributed by atoms with Gasteiger partial charge in [0, 0.05) is 11.8 Å². The Hall–Kier alpha value is -3.62. The van der Waals surface area contributed by atoms with Crippen LogP contribution in [0.2, 0.25) is 0 Å². The SMILES string of the molecule is COC(=O)[C@@H]1C[C@@H]2CN1C(=O)[C@H](C1CCCC1)NC(=O)O[C@@H]1CCC[C@H]1CCC/C=C\c1nc3ccccc3cc1O2. The number of methoxy groups -OCH3 is 1. The Morgan fingerprint density at radius 3 is 2.62 bits per heavy atom. The standard InChI is InChI=1S/C33H41N3O6/c1-40-32(38)27-19-24-20-36(27)31(37)30(22-11-5-6-12-22)35-33(39)42-28-17-9-14-21(28)10-3-2-4-16-26-29(41-24)18-23-13-7-8-15-25(23)34-26/h4,7-8,13,15-16,18,21-22,24,27-28,30H,2-3,5-6,9-12,14,17,19-20H2,1H3,(H,35,39)/b16-4-/t21-,24-,27+,28-,30+/m1/s1. The largest absolute Gasteiger partial charge is 0.486 e. The molecule has 0 radical (unpaired) electrons. The van der Waals surface area contributed by atoms with Crippen molar-refractivity contribution in [3.8, 4) is 5.75 Å². The van der Waals surface area contributed by atoms with Gasteiger partial charge in [0.15, 0.2) is 0 Å². The summed E-state index contributed by atoms with van der Waals surface area (Å²) >= 11 is 0. The lowest BCUT2D eigenvalue weighted by molar-refractivity contribution is -0.152. The average molecular weight is 576 g/mol. The zero-order valence-corrected chi connectivity index (χ0v) is 24.3. The third kappa shape index (κ3) is 6.10. The number of amides is 2. The molecule has 3 fully saturated rings. The molecule has 2 bridgehead atoms. The summed E-state index contributed by atoms with van der Waals surface area (Å²) in [4.78, 5) is 46.8. The summed E-state index contributed by atoms with van der Waals surface area (Å²) in [5, 5.41) is 3.91. The molecule has 2 aromatic rings. The maximum Gasteiger partial charge on any atom is 0.408 e. The molecule has 42 heavy (non-hydrogen) atoms. The summed E-state index contributed by atoms with van der Waals surface area (Å²) < 4.78 is 17.6. The van der Waals surface area contributed by atoms with E-state index in [2.05, 4.69) is 11.4 Å². The molecule has 3 heterocycles. The number of hydrogen-bond acceptors (Lipinski definition) is 7. The highest BCUT2D eigenvalue weighted by Crippen LogP contribution is 2.35. The molecule has 1 aromatic heterocycles. The van der Waals surface area contributed by atoms with Gasteiger partial charge in [0.25, 0.3) is 0 Å². The van der Waals surface area contributed by atoms with Crippen LogP contribution in [0, 0.1) is 11.8 Å². The van der Waals surface area contributed by atoms with Crippen molar-refractivity contribution >= 4 is 34.9 Å². The molecular weight excluding hydrogens is 534 g/mol. The molecule has 9 heteroatoms. The van der Waals surface area contributed by atoms with Gasteiger partial charge in [-0.2, -0.15) is 0 Å². The maximum absolute atomic E-state index is 14.2. The van der Waals surface area contributed by atoms with Gasteiger partial charge in [-0.05, 0) is 81.4 Å². The van der Waals surface area contributed by atoms with E-state index in [4.69, 9.17) is 19.2 Å². The lowest BCUT2D eigenvalue weighted by atomic mass is 9.96. The third-order valence-corrected chi connectivity index (χ3v) is 9.51. The van der Waals surface area contributed by atoms with Crippen molar-refractivity contribution in [2.24, 2.45) is 11.8 Å². The van der Waals surface area contributed by atoms with Gasteiger partial charge in [-0.3, -0.25) is 4.79 Å². The molecule has 4 aliphatic rings. The molecule has 224 valence electrons. The van der Waals surface area contributed by atoms with Gasteiger partial charge in [0.2, 0.25) is 5.91 Å². The Morgan fingerprint density at radius 1 is 1.00 bits per heavy atom. The minimum Gasteiger partial charge on any atom is -0.486 e. The number of benzene rings is 1. The molecule has 2 amide bonds. The molecule has 0 unspecified atom stereocenters. The van der Waals surface area contributed by atoms with Crippen LogP contribution in [-0.4, -0.2) is 65.8 Å². The molecule has 1 aromatic carbocycles. The highest BCUT2D eigenvalue weighted by molar-refractivity contribution is 5.90. The molecule has 1 N–H and O–H groups in total. The van der Waals surface area contributed by atoms with E-state index in [0.717, 1.165) is 80.8 Å². The number of nitrogens with one attached hydrogen (secondary N) is 1. The number of allylic oxidation sites excluding steroid dienone is 1. The van der Waals surface area contributed by atoms with Crippen LogP contribution in [0.15, 0.2) is 36.4 Å². The summed E-state index contributed by atoms with van der Waals surface area (Å²) in [6.07, 6.45) is 12.7. The van der Waals surface area contributed by atoms with Crippen LogP contribution in [0.4, 0.5) is 4.79 Å². The minimum absolute atomic E-state index is 0.00489. The fourth-order valence-electron chi connectivity index (χ4n) is 7.32. The number of nitrogens with zero attached hydrogens (tertiary/aromatic N) is 2. The number of ether oxygens (including phenoxy) is 3. The maximum atomic E-state index is 14.2. The van der Waals surface area contributed by atoms with E-state index in [1.165, 1.54) is 7.11 Å². The van der Waals surface area contributed by atoms with Crippen LogP contribution in [0.5, 0.6) is 5.75 Å². The fraction of sp³-hybridized carbons (Fsp3) is 0.576. The molecule has 6 rings (SSSR count). The van der Waals surface area contributed by atoms with Crippen LogP contribution < -0.4 is 10.1 Å². The van der Waals surface area contributed by atoms with E-state index in [1.807, 2.05) is 36.4 Å². The Labute approximate surface area is 247 Å². The number of rotatable bonds is 2. The van der Waals surface area contributed by atoms with Crippen LogP contribution in [0.1, 0.15) is 76.3 Å². The Balaban J connectivity index is 1.35. The first-order valence-electron chi connectivity index (χ1n) is 15.6. The van der Waals surface area contributed by atoms with Crippen molar-refractivity contribution in [1.29, 1.82) is 0 Å². The normalized spacial score (nSPS) is 29.9. The number of alkyl carbamates (subject to hydrolysis) is 1. The predicted molar refractivity (Wildman–Crippen MR) is 158 cm³/mol. The van der Waals surface area contributed by atoms with Crippen molar-refractivity contribution in [1.82, 2.24) is 15.2 Å². The summed E-state index contributed by atoms with van der Waals surface area (Å²) in [7, 11) is 1.33. The second-order valence-corrected chi connectivity index (χ2v) is 12.2. The summed E-state index contributed by atoms with van der Waals surface area (Å²) in [6, 6.07) is 8.34. The van der Waals surface area contributed by atoms with Gasteiger partial charge < -0.3 is 24.4 Å². The number of hydrogen-bond donors (Lipinski definition) is 1. The highest BCUT2D eigenvalue weighted by Gasteiger charge is 2.46. The minimum atomic E-state index is -0.803. The Kier molecular flexibility index (Phi) is 8.63. The van der Waals surface area contributed by atoms with Crippen molar-refractivity contribution < 1.29 is 28.6 Å². The Bertz CT molecular complexity index is 1340. The molecule has 2 aliphatic carbocycles. The number of pyridine rings is 1. The lowest BCUT2D eigenvalue weighted by Crippen LogP contribution is -2.55. The van der Waals surface area contributed by atoms with Gasteiger partial charge in [0.05, 0.1) is 19.2 Å². The van der Waals surface area contributed by atoms with E-state index in [-0.39, 0.29) is 24.5 Å². The fourth-order valence-corrected chi connectivity index (χ4v) is 7.32. The monoisotopic (exact) mass is 575 g/mol. The number of aromatic nitrogens is 1. The zero-order valence-electron chi connectivity index (χ0n) is 24.3. The average Bonchev–Trinajstić information content (AvgIpc) is 3.77. The van der Waals surface area contributed by atoms with E-state index < -0.39 is 30.3 Å². The van der Waals surface area contributed by atoms with Gasteiger partial charge >= 0.3 is 12.1 Å². The predicted octanol–water partition coefficient (Wildman–Crippen LogP) is 5.41. The van der Waals surface area contributed by atoms with Crippen molar-refractivity contribution in [3.63, 3.8) is 0 Å². The molecule has 5 atom stereocenters. The number of carbonyl (C=O) groups is 3. The highest BCUT2D eigenvalue weighted by atomic mass is 16.6. The lowest BCUT2D eigenvalue weighted by Gasteiger charge is -2.31. The second-order valence-electron chi connectivity index (χ2n) is 12.2.